The molecular weight excluding hydrogens is 260 g/mol. The molecule has 5 nitrogen and oxygen atoms in total. The van der Waals surface area contributed by atoms with Crippen molar-refractivity contribution in [2.45, 2.75) is 32.9 Å². The number of rotatable bonds is 5. The minimum Gasteiger partial charge on any atom is -0.484 e. The number of aromatic nitrogens is 2. The van der Waals surface area contributed by atoms with Crippen molar-refractivity contribution in [2.24, 2.45) is 0 Å². The maximum Gasteiger partial charge on any atom is 0.197 e. The van der Waals surface area contributed by atoms with E-state index in [0.29, 0.717) is 11.6 Å². The summed E-state index contributed by atoms with van der Waals surface area (Å²) in [6, 6.07) is 4.06. The van der Waals surface area contributed by atoms with Crippen LogP contribution >= 0.6 is 11.5 Å². The second-order valence-electron chi connectivity index (χ2n) is 4.55. The van der Waals surface area contributed by atoms with Crippen LogP contribution in [0.5, 0.6) is 5.75 Å². The summed E-state index contributed by atoms with van der Waals surface area (Å²) in [7, 11) is 0. The Morgan fingerprint density at radius 1 is 1.37 bits per heavy atom. The number of nitrogen functional groups attached to an aromatic ring is 1. The molecule has 0 saturated carbocycles. The van der Waals surface area contributed by atoms with E-state index in [1.165, 1.54) is 11.5 Å². The molecular formula is C13H18N4OS. The summed E-state index contributed by atoms with van der Waals surface area (Å²) < 4.78 is 9.83. The highest BCUT2D eigenvalue weighted by atomic mass is 32.1. The molecule has 2 heterocycles. The Morgan fingerprint density at radius 3 is 2.79 bits per heavy atom. The fourth-order valence-corrected chi connectivity index (χ4v) is 2.39. The molecule has 2 rings (SSSR count). The molecule has 0 fully saturated rings. The van der Waals surface area contributed by atoms with Gasteiger partial charge < -0.3 is 15.8 Å². The molecule has 19 heavy (non-hydrogen) atoms. The van der Waals surface area contributed by atoms with Gasteiger partial charge in [0.1, 0.15) is 0 Å². The van der Waals surface area contributed by atoms with Crippen molar-refractivity contribution in [1.29, 1.82) is 0 Å². The third-order valence-electron chi connectivity index (χ3n) is 2.56. The van der Waals surface area contributed by atoms with Gasteiger partial charge in [0.05, 0.1) is 12.1 Å². The summed E-state index contributed by atoms with van der Waals surface area (Å²) in [6.07, 6.45) is 3.66. The predicted octanol–water partition coefficient (Wildman–Crippen LogP) is 3.08. The molecule has 0 radical (unpaired) electrons. The summed E-state index contributed by atoms with van der Waals surface area (Å²) in [4.78, 5) is 4.12. The highest BCUT2D eigenvalue weighted by molar-refractivity contribution is 7.11. The third-order valence-corrected chi connectivity index (χ3v) is 3.33. The van der Waals surface area contributed by atoms with Crippen LogP contribution < -0.4 is 15.8 Å². The zero-order valence-corrected chi connectivity index (χ0v) is 12.1. The lowest BCUT2D eigenvalue weighted by molar-refractivity contribution is 0.245. The van der Waals surface area contributed by atoms with Gasteiger partial charge in [-0.05, 0) is 43.9 Å². The number of pyridine rings is 1. The number of ether oxygens (including phenoxy) is 1. The zero-order valence-electron chi connectivity index (χ0n) is 11.3. The van der Waals surface area contributed by atoms with Crippen molar-refractivity contribution in [3.05, 3.63) is 30.1 Å². The fourth-order valence-electron chi connectivity index (χ4n) is 1.65. The minimum absolute atomic E-state index is 0.0629. The standard InChI is InChI=1S/C13H18N4OS/c1-8(2)18-11-12(14)17-19-13(11)16-9(3)10-5-4-6-15-7-10/h4-9,16H,1-3H3,(H2,14,17). The van der Waals surface area contributed by atoms with E-state index in [4.69, 9.17) is 10.5 Å². The summed E-state index contributed by atoms with van der Waals surface area (Å²) in [6.45, 7) is 5.99. The van der Waals surface area contributed by atoms with Crippen LogP contribution in [0.4, 0.5) is 10.8 Å². The molecule has 0 aliphatic carbocycles. The van der Waals surface area contributed by atoms with Gasteiger partial charge in [-0.2, -0.15) is 4.37 Å². The van der Waals surface area contributed by atoms with Crippen LogP contribution in [0.15, 0.2) is 24.5 Å². The van der Waals surface area contributed by atoms with Crippen LogP contribution in [0.2, 0.25) is 0 Å². The third kappa shape index (κ3) is 3.35. The summed E-state index contributed by atoms with van der Waals surface area (Å²) in [5, 5.41) is 4.21. The van der Waals surface area contributed by atoms with Gasteiger partial charge in [0.25, 0.3) is 0 Å². The van der Waals surface area contributed by atoms with Crippen LogP contribution in [0.25, 0.3) is 0 Å². The highest BCUT2D eigenvalue weighted by Crippen LogP contribution is 2.37. The molecule has 6 heteroatoms. The van der Waals surface area contributed by atoms with Crippen molar-refractivity contribution < 1.29 is 4.74 Å². The van der Waals surface area contributed by atoms with Crippen molar-refractivity contribution >= 4 is 22.4 Å². The Balaban J connectivity index is 2.15. The largest absolute Gasteiger partial charge is 0.484 e. The lowest BCUT2D eigenvalue weighted by atomic mass is 10.1. The molecule has 0 amide bonds. The molecule has 2 aromatic rings. The van der Waals surface area contributed by atoms with Crippen LogP contribution in [0.3, 0.4) is 0 Å². The normalized spacial score (nSPS) is 12.4. The molecule has 0 saturated heterocycles. The first kappa shape index (κ1) is 13.6. The molecule has 0 spiro atoms. The Hall–Kier alpha value is -1.82. The van der Waals surface area contributed by atoms with E-state index < -0.39 is 0 Å². The highest BCUT2D eigenvalue weighted by Gasteiger charge is 2.16. The van der Waals surface area contributed by atoms with Crippen LogP contribution in [-0.2, 0) is 0 Å². The van der Waals surface area contributed by atoms with Crippen LogP contribution in [-0.4, -0.2) is 15.5 Å². The molecule has 102 valence electrons. The Kier molecular flexibility index (Phi) is 4.21. The van der Waals surface area contributed by atoms with E-state index in [1.807, 2.05) is 32.2 Å². The average molecular weight is 278 g/mol. The smallest absolute Gasteiger partial charge is 0.197 e. The van der Waals surface area contributed by atoms with E-state index in [9.17, 15) is 0 Å². The second kappa shape index (κ2) is 5.88. The lowest BCUT2D eigenvalue weighted by Gasteiger charge is -2.16. The maximum absolute atomic E-state index is 5.83. The van der Waals surface area contributed by atoms with Crippen LogP contribution in [0.1, 0.15) is 32.4 Å². The van der Waals surface area contributed by atoms with Crippen molar-refractivity contribution in [3.8, 4) is 5.75 Å². The van der Waals surface area contributed by atoms with Crippen LogP contribution in [0, 0.1) is 0 Å². The fraction of sp³-hybridized carbons (Fsp3) is 0.385. The first-order valence-corrected chi connectivity index (χ1v) is 6.93. The molecule has 0 aliphatic heterocycles. The average Bonchev–Trinajstić information content (AvgIpc) is 2.72. The number of hydrogen-bond donors (Lipinski definition) is 2. The molecule has 1 unspecified atom stereocenters. The van der Waals surface area contributed by atoms with E-state index in [-0.39, 0.29) is 12.1 Å². The van der Waals surface area contributed by atoms with Crippen molar-refractivity contribution in [2.75, 3.05) is 11.1 Å². The van der Waals surface area contributed by atoms with Crippen molar-refractivity contribution in [3.63, 3.8) is 0 Å². The molecule has 3 N–H and O–H groups in total. The second-order valence-corrected chi connectivity index (χ2v) is 5.32. The van der Waals surface area contributed by atoms with E-state index in [2.05, 4.69) is 21.6 Å². The summed E-state index contributed by atoms with van der Waals surface area (Å²) >= 11 is 1.31. The predicted molar refractivity (Wildman–Crippen MR) is 78.6 cm³/mol. The number of nitrogens with zero attached hydrogens (tertiary/aromatic N) is 2. The van der Waals surface area contributed by atoms with Gasteiger partial charge in [0.2, 0.25) is 0 Å². The number of anilines is 2. The van der Waals surface area contributed by atoms with Gasteiger partial charge in [-0.25, -0.2) is 0 Å². The molecule has 0 aliphatic rings. The van der Waals surface area contributed by atoms with E-state index in [1.54, 1.807) is 6.20 Å². The number of hydrogen-bond acceptors (Lipinski definition) is 6. The lowest BCUT2D eigenvalue weighted by Crippen LogP contribution is -2.10. The molecule has 1 atom stereocenters. The molecule has 0 bridgehead atoms. The van der Waals surface area contributed by atoms with Gasteiger partial charge in [0, 0.05) is 12.4 Å². The topological polar surface area (TPSA) is 73.1 Å². The van der Waals surface area contributed by atoms with Gasteiger partial charge >= 0.3 is 0 Å². The zero-order chi connectivity index (χ0) is 13.8. The van der Waals surface area contributed by atoms with E-state index >= 15 is 0 Å². The maximum atomic E-state index is 5.83. The summed E-state index contributed by atoms with van der Waals surface area (Å²) in [5.74, 6) is 1.07. The van der Waals surface area contributed by atoms with Gasteiger partial charge in [-0.3, -0.25) is 4.98 Å². The van der Waals surface area contributed by atoms with Gasteiger partial charge in [0.15, 0.2) is 16.6 Å². The van der Waals surface area contributed by atoms with Crippen molar-refractivity contribution in [1.82, 2.24) is 9.36 Å². The molecule has 0 aromatic carbocycles. The monoisotopic (exact) mass is 278 g/mol. The Labute approximate surface area is 117 Å². The summed E-state index contributed by atoms with van der Waals surface area (Å²) in [5.41, 5.74) is 6.93. The quantitative estimate of drug-likeness (QED) is 0.879. The minimum atomic E-state index is 0.0629. The first-order valence-electron chi connectivity index (χ1n) is 6.16. The SMILES string of the molecule is CC(C)Oc1c(N)nsc1NC(C)c1cccnc1. The van der Waals surface area contributed by atoms with Gasteiger partial charge in [-0.1, -0.05) is 6.07 Å². The Bertz CT molecular complexity index is 527. The molecule has 2 aromatic heterocycles. The Morgan fingerprint density at radius 2 is 2.16 bits per heavy atom. The first-order chi connectivity index (χ1) is 9.08. The van der Waals surface area contributed by atoms with Gasteiger partial charge in [-0.15, -0.1) is 0 Å². The van der Waals surface area contributed by atoms with E-state index in [0.717, 1.165) is 10.6 Å². The number of nitrogens with two attached hydrogens (primary N) is 1. The number of nitrogens with one attached hydrogen (secondary N) is 1.